The summed E-state index contributed by atoms with van der Waals surface area (Å²) in [6, 6.07) is 23.3. The maximum Gasteiger partial charge on any atom is 0.342 e. The molecule has 3 aromatic carbocycles. The van der Waals surface area contributed by atoms with Gasteiger partial charge in [-0.2, -0.15) is 0 Å². The van der Waals surface area contributed by atoms with Crippen molar-refractivity contribution in [2.75, 3.05) is 24.6 Å². The lowest BCUT2D eigenvalue weighted by molar-refractivity contribution is -0.121. The fraction of sp³-hybridized carbons (Fsp3) is 0.412. The molecule has 1 aliphatic rings. The number of anilines is 1. The number of carbonyl (C=O) groups is 2. The van der Waals surface area contributed by atoms with E-state index in [1.807, 2.05) is 37.3 Å². The van der Waals surface area contributed by atoms with Gasteiger partial charge in [-0.05, 0) is 73.4 Å². The molecule has 0 unspecified atom stereocenters. The molecule has 0 aliphatic carbocycles. The number of hydrogen-bond donors (Lipinski definition) is 1. The molecule has 0 bridgehead atoms. The quantitative estimate of drug-likeness (QED) is 0.253. The Balaban J connectivity index is 1.47. The summed E-state index contributed by atoms with van der Waals surface area (Å²) in [7, 11) is 0. The molecule has 0 radical (unpaired) electrons. The molecule has 212 valence electrons. The largest absolute Gasteiger partial charge is 0.493 e. The molecule has 0 saturated carbocycles. The summed E-state index contributed by atoms with van der Waals surface area (Å²) in [5.74, 6) is 0.348. The first-order chi connectivity index (χ1) is 19.4. The van der Waals surface area contributed by atoms with Crippen LogP contribution in [0, 0.1) is 5.92 Å². The van der Waals surface area contributed by atoms with Gasteiger partial charge in [-0.3, -0.25) is 4.79 Å². The van der Waals surface area contributed by atoms with Crippen LogP contribution in [0.2, 0.25) is 0 Å². The number of carbonyl (C=O) groups excluding carboxylic acids is 2. The summed E-state index contributed by atoms with van der Waals surface area (Å²) < 4.78 is 11.3. The first-order valence-electron chi connectivity index (χ1n) is 14.5. The lowest BCUT2D eigenvalue weighted by atomic mass is 9.94. The van der Waals surface area contributed by atoms with E-state index in [4.69, 9.17) is 9.47 Å². The Hall–Kier alpha value is -3.80. The van der Waals surface area contributed by atoms with Gasteiger partial charge in [0.05, 0.1) is 19.1 Å². The van der Waals surface area contributed by atoms with E-state index in [1.165, 1.54) is 30.5 Å². The minimum Gasteiger partial charge on any atom is -0.493 e. The molecule has 1 amide bonds. The predicted molar refractivity (Wildman–Crippen MR) is 160 cm³/mol. The van der Waals surface area contributed by atoms with Gasteiger partial charge in [0.1, 0.15) is 17.9 Å². The van der Waals surface area contributed by atoms with Gasteiger partial charge in [-0.1, -0.05) is 68.4 Å². The number of esters is 1. The lowest BCUT2D eigenvalue weighted by Gasteiger charge is -2.33. The van der Waals surface area contributed by atoms with Crippen LogP contribution in [-0.2, 0) is 22.6 Å². The van der Waals surface area contributed by atoms with E-state index in [0.29, 0.717) is 23.8 Å². The molecule has 1 heterocycles. The molecule has 0 aromatic heterocycles. The average molecular weight is 543 g/mol. The second kappa shape index (κ2) is 14.5. The molecule has 1 fully saturated rings. The van der Waals surface area contributed by atoms with E-state index >= 15 is 0 Å². The number of piperidine rings is 1. The summed E-state index contributed by atoms with van der Waals surface area (Å²) in [6.45, 7) is 8.94. The Morgan fingerprint density at radius 2 is 1.62 bits per heavy atom. The fourth-order valence-electron chi connectivity index (χ4n) is 5.29. The molecule has 40 heavy (non-hydrogen) atoms. The van der Waals surface area contributed by atoms with Crippen molar-refractivity contribution < 1.29 is 19.1 Å². The van der Waals surface area contributed by atoms with E-state index in [0.717, 1.165) is 30.6 Å². The van der Waals surface area contributed by atoms with Gasteiger partial charge in [0, 0.05) is 18.8 Å². The van der Waals surface area contributed by atoms with Crippen LogP contribution in [0.5, 0.6) is 5.75 Å². The van der Waals surface area contributed by atoms with Crippen LogP contribution in [0.3, 0.4) is 0 Å². The highest BCUT2D eigenvalue weighted by Crippen LogP contribution is 2.32. The number of hydrogen-bond acceptors (Lipinski definition) is 5. The van der Waals surface area contributed by atoms with Crippen molar-refractivity contribution in [2.24, 2.45) is 5.92 Å². The first-order valence-corrected chi connectivity index (χ1v) is 14.5. The molecular weight excluding hydrogens is 500 g/mol. The van der Waals surface area contributed by atoms with Gasteiger partial charge in [-0.25, -0.2) is 4.79 Å². The number of nitrogens with zero attached hydrogens (tertiary/aromatic N) is 1. The second-order valence-electron chi connectivity index (χ2n) is 10.9. The normalized spacial score (nSPS) is 14.1. The summed E-state index contributed by atoms with van der Waals surface area (Å²) in [5.41, 5.74) is 4.46. The third-order valence-electron chi connectivity index (χ3n) is 7.19. The number of amides is 1. The molecule has 3 aromatic rings. The number of para-hydroxylation sites is 1. The molecule has 1 aliphatic heterocycles. The van der Waals surface area contributed by atoms with E-state index in [-0.39, 0.29) is 25.0 Å². The second-order valence-corrected chi connectivity index (χ2v) is 10.9. The summed E-state index contributed by atoms with van der Waals surface area (Å²) >= 11 is 0. The highest BCUT2D eigenvalue weighted by molar-refractivity contribution is 5.93. The summed E-state index contributed by atoms with van der Waals surface area (Å²) in [4.78, 5) is 28.6. The highest BCUT2D eigenvalue weighted by atomic mass is 16.5. The smallest absolute Gasteiger partial charge is 0.342 e. The highest BCUT2D eigenvalue weighted by Gasteiger charge is 2.23. The zero-order valence-corrected chi connectivity index (χ0v) is 24.0. The average Bonchev–Trinajstić information content (AvgIpc) is 2.96. The standard InChI is InChI=1S/C34H42N2O4/c1-4-39-32-22-27(17-18-29(32)34(38)40-24-26-13-7-5-8-14-26)23-33(37)35-30(21-25(2)3)28-15-9-10-16-31(28)36-19-11-6-12-20-36/h5,7-10,13-18,22,25,30H,4,6,11-12,19-21,23-24H2,1-3H3,(H,35,37)/t30-/m0/s1. The topological polar surface area (TPSA) is 67.9 Å². The van der Waals surface area contributed by atoms with E-state index in [1.54, 1.807) is 18.2 Å². The molecule has 1 atom stereocenters. The van der Waals surface area contributed by atoms with Crippen LogP contribution in [0.15, 0.2) is 72.8 Å². The van der Waals surface area contributed by atoms with Crippen molar-refractivity contribution in [3.63, 3.8) is 0 Å². The Morgan fingerprint density at radius 1 is 0.900 bits per heavy atom. The third-order valence-corrected chi connectivity index (χ3v) is 7.19. The summed E-state index contributed by atoms with van der Waals surface area (Å²) in [6.07, 6.45) is 4.73. The first kappa shape index (κ1) is 29.2. The van der Waals surface area contributed by atoms with Crippen LogP contribution < -0.4 is 15.0 Å². The Labute approximate surface area is 238 Å². The van der Waals surface area contributed by atoms with Crippen molar-refractivity contribution >= 4 is 17.6 Å². The van der Waals surface area contributed by atoms with Crippen LogP contribution in [0.25, 0.3) is 0 Å². The molecule has 6 heteroatoms. The molecule has 0 spiro atoms. The van der Waals surface area contributed by atoms with Gasteiger partial charge < -0.3 is 19.7 Å². The molecule has 6 nitrogen and oxygen atoms in total. The lowest BCUT2D eigenvalue weighted by Crippen LogP contribution is -2.34. The SMILES string of the molecule is CCOc1cc(CC(=O)N[C@@H](CC(C)C)c2ccccc2N2CCCCC2)ccc1C(=O)OCc1ccccc1. The van der Waals surface area contributed by atoms with Gasteiger partial charge in [0.2, 0.25) is 5.91 Å². The van der Waals surface area contributed by atoms with Crippen LogP contribution >= 0.6 is 0 Å². The molecule has 1 N–H and O–H groups in total. The predicted octanol–water partition coefficient (Wildman–Crippen LogP) is 6.88. The Kier molecular flexibility index (Phi) is 10.6. The minimum atomic E-state index is -0.449. The van der Waals surface area contributed by atoms with Gasteiger partial charge >= 0.3 is 5.97 Å². The van der Waals surface area contributed by atoms with E-state index < -0.39 is 5.97 Å². The van der Waals surface area contributed by atoms with E-state index in [2.05, 4.69) is 48.3 Å². The fourth-order valence-corrected chi connectivity index (χ4v) is 5.29. The zero-order chi connectivity index (χ0) is 28.3. The third kappa shape index (κ3) is 8.10. The van der Waals surface area contributed by atoms with Gasteiger partial charge in [0.15, 0.2) is 0 Å². The zero-order valence-electron chi connectivity index (χ0n) is 24.0. The molecular formula is C34H42N2O4. The number of ether oxygens (including phenoxy) is 2. The monoisotopic (exact) mass is 542 g/mol. The van der Waals surface area contributed by atoms with Crippen LogP contribution in [-0.4, -0.2) is 31.6 Å². The van der Waals surface area contributed by atoms with E-state index in [9.17, 15) is 9.59 Å². The van der Waals surface area contributed by atoms with Crippen LogP contribution in [0.1, 0.15) is 79.5 Å². The van der Waals surface area contributed by atoms with Crippen molar-refractivity contribution in [3.8, 4) is 5.75 Å². The number of nitrogens with one attached hydrogen (secondary N) is 1. The molecule has 1 saturated heterocycles. The van der Waals surface area contributed by atoms with Gasteiger partial charge in [-0.15, -0.1) is 0 Å². The van der Waals surface area contributed by atoms with Gasteiger partial charge in [0.25, 0.3) is 0 Å². The van der Waals surface area contributed by atoms with Crippen molar-refractivity contribution in [1.82, 2.24) is 5.32 Å². The molecule has 4 rings (SSSR count). The van der Waals surface area contributed by atoms with Crippen LogP contribution in [0.4, 0.5) is 5.69 Å². The maximum absolute atomic E-state index is 13.4. The van der Waals surface area contributed by atoms with Crippen molar-refractivity contribution in [1.29, 1.82) is 0 Å². The minimum absolute atomic E-state index is 0.0547. The Morgan fingerprint density at radius 3 is 2.35 bits per heavy atom. The Bertz CT molecular complexity index is 1250. The number of rotatable bonds is 12. The number of benzene rings is 3. The maximum atomic E-state index is 13.4. The van der Waals surface area contributed by atoms with Crippen molar-refractivity contribution in [3.05, 3.63) is 95.1 Å². The summed E-state index contributed by atoms with van der Waals surface area (Å²) in [5, 5.41) is 3.32. The van der Waals surface area contributed by atoms with Crippen molar-refractivity contribution in [2.45, 2.75) is 65.5 Å².